The van der Waals surface area contributed by atoms with Gasteiger partial charge in [0.25, 0.3) is 5.91 Å². The van der Waals surface area contributed by atoms with Gasteiger partial charge in [0, 0.05) is 17.4 Å². The van der Waals surface area contributed by atoms with Crippen LogP contribution in [0.5, 0.6) is 0 Å². The molecule has 0 saturated heterocycles. The number of aliphatic hydroxyl groups excluding tert-OH is 1. The first-order chi connectivity index (χ1) is 11.4. The van der Waals surface area contributed by atoms with Crippen molar-refractivity contribution in [2.75, 3.05) is 13.2 Å². The summed E-state index contributed by atoms with van der Waals surface area (Å²) in [5.41, 5.74) is 1.63. The van der Waals surface area contributed by atoms with Crippen molar-refractivity contribution >= 4 is 17.2 Å². The molecule has 1 aromatic heterocycles. The fraction of sp³-hybridized carbons (Fsp3) is 0.474. The van der Waals surface area contributed by atoms with Crippen molar-refractivity contribution in [2.24, 2.45) is 5.41 Å². The van der Waals surface area contributed by atoms with Gasteiger partial charge in [0.2, 0.25) is 0 Å². The molecule has 0 unspecified atom stereocenters. The number of aryl methyl sites for hydroxylation is 1. The van der Waals surface area contributed by atoms with Gasteiger partial charge in [-0.3, -0.25) is 4.79 Å². The van der Waals surface area contributed by atoms with Gasteiger partial charge in [-0.05, 0) is 39.2 Å². The number of aromatic nitrogens is 1. The lowest BCUT2D eigenvalue weighted by Crippen LogP contribution is -2.31. The van der Waals surface area contributed by atoms with Crippen LogP contribution in [-0.4, -0.2) is 29.1 Å². The van der Waals surface area contributed by atoms with Crippen molar-refractivity contribution < 1.29 is 9.90 Å². The zero-order chi connectivity index (χ0) is 17.4. The number of aliphatic hydroxyl groups is 1. The number of carbonyl (C=O) groups excluding carboxylic acids is 1. The molecule has 2 N–H and O–H groups in total. The van der Waals surface area contributed by atoms with Crippen molar-refractivity contribution in [3.8, 4) is 0 Å². The number of nitrogens with one attached hydrogen (secondary N) is 1. The Labute approximate surface area is 146 Å². The molecule has 1 saturated carbocycles. The van der Waals surface area contributed by atoms with Gasteiger partial charge in [0.05, 0.1) is 12.3 Å². The highest BCUT2D eigenvalue weighted by Crippen LogP contribution is 2.44. The predicted molar refractivity (Wildman–Crippen MR) is 96.5 cm³/mol. The molecule has 1 amide bonds. The molecule has 2 aromatic rings. The first-order valence-electron chi connectivity index (χ1n) is 8.30. The Hall–Kier alpha value is -1.72. The quantitative estimate of drug-likeness (QED) is 0.845. The average molecular weight is 344 g/mol. The average Bonchev–Trinajstić information content (AvgIpc) is 3.27. The smallest absolute Gasteiger partial charge is 0.263 e. The monoisotopic (exact) mass is 344 g/mol. The summed E-state index contributed by atoms with van der Waals surface area (Å²) in [6.45, 7) is 6.83. The molecule has 0 aliphatic heterocycles. The summed E-state index contributed by atoms with van der Waals surface area (Å²) in [6.07, 6.45) is 1.97. The molecule has 5 heteroatoms. The summed E-state index contributed by atoms with van der Waals surface area (Å²) in [7, 11) is 0. The van der Waals surface area contributed by atoms with Crippen LogP contribution in [0.15, 0.2) is 30.3 Å². The maximum Gasteiger partial charge on any atom is 0.263 e. The Balaban J connectivity index is 1.78. The zero-order valence-corrected chi connectivity index (χ0v) is 15.2. The Morgan fingerprint density at radius 2 is 2.00 bits per heavy atom. The van der Waals surface area contributed by atoms with Crippen LogP contribution < -0.4 is 5.32 Å². The minimum absolute atomic E-state index is 0.0829. The maximum atomic E-state index is 12.5. The van der Waals surface area contributed by atoms with Gasteiger partial charge in [-0.2, -0.15) is 0 Å². The minimum atomic E-state index is -0.238. The van der Waals surface area contributed by atoms with E-state index in [1.807, 2.05) is 25.1 Å². The third-order valence-corrected chi connectivity index (χ3v) is 6.43. The van der Waals surface area contributed by atoms with Gasteiger partial charge < -0.3 is 10.4 Å². The van der Waals surface area contributed by atoms with E-state index in [4.69, 9.17) is 0 Å². The highest BCUT2D eigenvalue weighted by molar-refractivity contribution is 7.14. The Bertz CT molecular complexity index is 733. The first kappa shape index (κ1) is 17.1. The Kier molecular flexibility index (Phi) is 4.49. The predicted octanol–water partition coefficient (Wildman–Crippen LogP) is 3.28. The van der Waals surface area contributed by atoms with E-state index >= 15 is 0 Å². The van der Waals surface area contributed by atoms with Gasteiger partial charge in [-0.1, -0.05) is 30.3 Å². The molecule has 1 heterocycles. The van der Waals surface area contributed by atoms with E-state index in [1.165, 1.54) is 16.9 Å². The van der Waals surface area contributed by atoms with Gasteiger partial charge in [-0.25, -0.2) is 4.98 Å². The Morgan fingerprint density at radius 1 is 1.33 bits per heavy atom. The molecular weight excluding hydrogens is 320 g/mol. The number of hydrogen-bond acceptors (Lipinski definition) is 4. The van der Waals surface area contributed by atoms with Crippen molar-refractivity contribution in [2.45, 2.75) is 39.0 Å². The molecule has 1 aliphatic carbocycles. The van der Waals surface area contributed by atoms with E-state index < -0.39 is 0 Å². The van der Waals surface area contributed by atoms with Crippen LogP contribution in [0.1, 0.15) is 52.6 Å². The topological polar surface area (TPSA) is 62.2 Å². The number of nitrogens with zero attached hydrogens (tertiary/aromatic N) is 1. The number of hydrogen-bond donors (Lipinski definition) is 2. The van der Waals surface area contributed by atoms with Crippen LogP contribution in [-0.2, 0) is 5.41 Å². The van der Waals surface area contributed by atoms with E-state index in [0.717, 1.165) is 23.5 Å². The van der Waals surface area contributed by atoms with Gasteiger partial charge in [-0.15, -0.1) is 11.3 Å². The molecular formula is C19H24N2O2S. The summed E-state index contributed by atoms with van der Waals surface area (Å²) < 4.78 is 0. The maximum absolute atomic E-state index is 12.5. The normalized spacial score (nSPS) is 16.0. The van der Waals surface area contributed by atoms with Gasteiger partial charge in [0.15, 0.2) is 0 Å². The van der Waals surface area contributed by atoms with E-state index in [-0.39, 0.29) is 23.3 Å². The molecule has 128 valence electrons. The molecule has 0 atom stereocenters. The summed E-state index contributed by atoms with van der Waals surface area (Å²) in [4.78, 5) is 17.8. The number of carbonyl (C=O) groups is 1. The van der Waals surface area contributed by atoms with E-state index in [2.05, 4.69) is 36.3 Å². The first-order valence-corrected chi connectivity index (χ1v) is 9.12. The second-order valence-corrected chi connectivity index (χ2v) is 8.26. The molecule has 1 aromatic carbocycles. The van der Waals surface area contributed by atoms with Crippen molar-refractivity contribution in [1.82, 2.24) is 10.3 Å². The van der Waals surface area contributed by atoms with Gasteiger partial charge in [0.1, 0.15) is 9.88 Å². The molecule has 0 radical (unpaired) electrons. The van der Waals surface area contributed by atoms with Crippen molar-refractivity contribution in [1.29, 1.82) is 0 Å². The van der Waals surface area contributed by atoms with Crippen molar-refractivity contribution in [3.63, 3.8) is 0 Å². The van der Waals surface area contributed by atoms with Gasteiger partial charge >= 0.3 is 0 Å². The number of benzene rings is 1. The van der Waals surface area contributed by atoms with Crippen LogP contribution in [0, 0.1) is 12.3 Å². The molecule has 1 aliphatic rings. The van der Waals surface area contributed by atoms with Crippen LogP contribution >= 0.6 is 11.3 Å². The number of amides is 1. The number of thiazole rings is 1. The third kappa shape index (κ3) is 3.23. The molecule has 24 heavy (non-hydrogen) atoms. The SMILES string of the molecule is Cc1nc(C(C)(C)c2ccccc2)sc1C(=O)NCC1(CO)CC1. The summed E-state index contributed by atoms with van der Waals surface area (Å²) in [5, 5.41) is 13.3. The minimum Gasteiger partial charge on any atom is -0.396 e. The highest BCUT2D eigenvalue weighted by Gasteiger charge is 2.42. The second-order valence-electron chi connectivity index (χ2n) is 7.27. The van der Waals surface area contributed by atoms with E-state index in [9.17, 15) is 9.90 Å². The molecule has 3 rings (SSSR count). The third-order valence-electron chi connectivity index (χ3n) is 4.95. The zero-order valence-electron chi connectivity index (χ0n) is 14.4. The van der Waals surface area contributed by atoms with Crippen LogP contribution in [0.2, 0.25) is 0 Å². The summed E-state index contributed by atoms with van der Waals surface area (Å²) >= 11 is 1.46. The van der Waals surface area contributed by atoms with Crippen LogP contribution in [0.4, 0.5) is 0 Å². The lowest BCUT2D eigenvalue weighted by atomic mass is 9.85. The second kappa shape index (κ2) is 6.30. The van der Waals surface area contributed by atoms with Crippen LogP contribution in [0.3, 0.4) is 0 Å². The van der Waals surface area contributed by atoms with E-state index in [1.54, 1.807) is 0 Å². The molecule has 0 bridgehead atoms. The number of rotatable bonds is 6. The summed E-state index contributed by atoms with van der Waals surface area (Å²) in [5.74, 6) is -0.0835. The lowest BCUT2D eigenvalue weighted by Gasteiger charge is -2.22. The highest BCUT2D eigenvalue weighted by atomic mass is 32.1. The van der Waals surface area contributed by atoms with E-state index in [0.29, 0.717) is 11.4 Å². The fourth-order valence-electron chi connectivity index (χ4n) is 2.77. The lowest BCUT2D eigenvalue weighted by molar-refractivity contribution is 0.0938. The largest absolute Gasteiger partial charge is 0.396 e. The standard InChI is InChI=1S/C19H24N2O2S/c1-13-15(16(23)20-11-19(12-22)9-10-19)24-17(21-13)18(2,3)14-7-5-4-6-8-14/h4-8,22H,9-12H2,1-3H3,(H,20,23). The van der Waals surface area contributed by atoms with Crippen LogP contribution in [0.25, 0.3) is 0 Å². The summed E-state index contributed by atoms with van der Waals surface area (Å²) in [6, 6.07) is 10.2. The fourth-order valence-corrected chi connectivity index (χ4v) is 3.88. The van der Waals surface area contributed by atoms with Crippen molar-refractivity contribution in [3.05, 3.63) is 51.5 Å². The Morgan fingerprint density at radius 3 is 2.58 bits per heavy atom. The molecule has 1 fully saturated rings. The molecule has 4 nitrogen and oxygen atoms in total. The molecule has 0 spiro atoms.